The predicted octanol–water partition coefficient (Wildman–Crippen LogP) is 6.33. The second-order valence-electron chi connectivity index (χ2n) is 6.58. The number of benzene rings is 3. The lowest BCUT2D eigenvalue weighted by Crippen LogP contribution is -1.99. The summed E-state index contributed by atoms with van der Waals surface area (Å²) in [6.45, 7) is 2.08. The topological polar surface area (TPSA) is 50.4 Å². The second kappa shape index (κ2) is 6.68. The Bertz CT molecular complexity index is 1110. The van der Waals surface area contributed by atoms with Crippen molar-refractivity contribution in [2.45, 2.75) is 26.2 Å². The Labute approximate surface area is 151 Å². The Morgan fingerprint density at radius 3 is 2.62 bits per heavy atom. The number of carbonyl (C=O) groups is 1. The molecule has 0 spiro atoms. The SMILES string of the molecule is CCCCC(=O)c1c(-c2ccc3cc(O)ccc3c2)oc2ccccc12. The number of para-hydroxylation sites is 1. The zero-order valence-electron chi connectivity index (χ0n) is 14.7. The van der Waals surface area contributed by atoms with Gasteiger partial charge in [0.1, 0.15) is 17.1 Å². The average molecular weight is 344 g/mol. The van der Waals surface area contributed by atoms with E-state index in [9.17, 15) is 9.90 Å². The number of phenolic OH excluding ortho intramolecular Hbond substituents is 1. The lowest BCUT2D eigenvalue weighted by molar-refractivity contribution is 0.0981. The van der Waals surface area contributed by atoms with Gasteiger partial charge in [0.15, 0.2) is 5.78 Å². The number of Topliss-reactive ketones (excluding diaryl/α,β-unsaturated/α-hetero) is 1. The minimum Gasteiger partial charge on any atom is -0.508 e. The monoisotopic (exact) mass is 344 g/mol. The molecule has 26 heavy (non-hydrogen) atoms. The van der Waals surface area contributed by atoms with E-state index in [-0.39, 0.29) is 11.5 Å². The van der Waals surface area contributed by atoms with Crippen LogP contribution in [0.1, 0.15) is 36.5 Å². The van der Waals surface area contributed by atoms with Crippen molar-refractivity contribution in [2.75, 3.05) is 0 Å². The highest BCUT2D eigenvalue weighted by Crippen LogP contribution is 2.36. The molecule has 0 fully saturated rings. The Hall–Kier alpha value is -3.07. The highest BCUT2D eigenvalue weighted by atomic mass is 16.3. The Morgan fingerprint density at radius 2 is 1.77 bits per heavy atom. The molecule has 1 heterocycles. The number of hydrogen-bond acceptors (Lipinski definition) is 3. The molecule has 130 valence electrons. The molecular weight excluding hydrogens is 324 g/mol. The smallest absolute Gasteiger partial charge is 0.167 e. The maximum atomic E-state index is 12.9. The third-order valence-electron chi connectivity index (χ3n) is 4.72. The van der Waals surface area contributed by atoms with Crippen molar-refractivity contribution < 1.29 is 14.3 Å². The summed E-state index contributed by atoms with van der Waals surface area (Å²) in [5, 5.41) is 12.5. The minimum atomic E-state index is 0.123. The van der Waals surface area contributed by atoms with Crippen LogP contribution in [0.4, 0.5) is 0 Å². The van der Waals surface area contributed by atoms with Crippen molar-refractivity contribution in [3.8, 4) is 17.1 Å². The maximum Gasteiger partial charge on any atom is 0.167 e. The van der Waals surface area contributed by atoms with Gasteiger partial charge in [0.2, 0.25) is 0 Å². The van der Waals surface area contributed by atoms with Crippen LogP contribution in [0.5, 0.6) is 5.75 Å². The van der Waals surface area contributed by atoms with Crippen molar-refractivity contribution in [1.82, 2.24) is 0 Å². The molecule has 1 N–H and O–H groups in total. The fourth-order valence-corrected chi connectivity index (χ4v) is 3.36. The van der Waals surface area contributed by atoms with Crippen LogP contribution in [-0.4, -0.2) is 10.9 Å². The van der Waals surface area contributed by atoms with Crippen LogP contribution < -0.4 is 0 Å². The summed E-state index contributed by atoms with van der Waals surface area (Å²) in [6, 6.07) is 18.8. The number of hydrogen-bond donors (Lipinski definition) is 1. The standard InChI is InChI=1S/C23H20O3/c1-2-3-7-20(25)22-19-6-4-5-8-21(19)26-23(22)17-10-9-16-14-18(24)12-11-15(16)13-17/h4-6,8-14,24H,2-3,7H2,1H3. The first-order chi connectivity index (χ1) is 12.7. The van der Waals surface area contributed by atoms with Crippen molar-refractivity contribution >= 4 is 27.5 Å². The lowest BCUT2D eigenvalue weighted by Gasteiger charge is -2.05. The highest BCUT2D eigenvalue weighted by molar-refractivity contribution is 6.12. The van der Waals surface area contributed by atoms with Crippen LogP contribution in [0.25, 0.3) is 33.1 Å². The second-order valence-corrected chi connectivity index (χ2v) is 6.58. The van der Waals surface area contributed by atoms with Crippen LogP contribution in [0, 0.1) is 0 Å². The van der Waals surface area contributed by atoms with Crippen LogP contribution in [0.3, 0.4) is 0 Å². The van der Waals surface area contributed by atoms with Crippen LogP contribution in [0.15, 0.2) is 65.1 Å². The summed E-state index contributed by atoms with van der Waals surface area (Å²) in [5.74, 6) is 0.990. The van der Waals surface area contributed by atoms with Crippen LogP contribution in [0.2, 0.25) is 0 Å². The Morgan fingerprint density at radius 1 is 1.00 bits per heavy atom. The fourth-order valence-electron chi connectivity index (χ4n) is 3.36. The Balaban J connectivity index is 1.90. The molecule has 0 radical (unpaired) electrons. The van der Waals surface area contributed by atoms with Gasteiger partial charge in [-0.1, -0.05) is 49.7 Å². The first kappa shape index (κ1) is 16.4. The minimum absolute atomic E-state index is 0.123. The molecule has 0 aliphatic heterocycles. The molecule has 0 aliphatic rings. The molecule has 0 aliphatic carbocycles. The third kappa shape index (κ3) is 2.86. The van der Waals surface area contributed by atoms with Gasteiger partial charge in [-0.2, -0.15) is 0 Å². The molecule has 3 heteroatoms. The van der Waals surface area contributed by atoms with Crippen molar-refractivity contribution in [2.24, 2.45) is 0 Å². The summed E-state index contributed by atoms with van der Waals surface area (Å²) < 4.78 is 6.09. The maximum absolute atomic E-state index is 12.9. The Kier molecular flexibility index (Phi) is 4.21. The number of furan rings is 1. The number of phenols is 1. The van der Waals surface area contributed by atoms with E-state index in [1.165, 1.54) is 0 Å². The van der Waals surface area contributed by atoms with Gasteiger partial charge >= 0.3 is 0 Å². The summed E-state index contributed by atoms with van der Waals surface area (Å²) in [6.07, 6.45) is 2.37. The summed E-state index contributed by atoms with van der Waals surface area (Å²) in [7, 11) is 0. The molecule has 0 saturated heterocycles. The zero-order chi connectivity index (χ0) is 18.1. The molecule has 1 aromatic heterocycles. The van der Waals surface area contributed by atoms with E-state index in [4.69, 9.17) is 4.42 Å². The van der Waals surface area contributed by atoms with Gasteiger partial charge in [-0.3, -0.25) is 4.79 Å². The van der Waals surface area contributed by atoms with Crippen molar-refractivity contribution in [3.05, 3.63) is 66.2 Å². The van der Waals surface area contributed by atoms with E-state index < -0.39 is 0 Å². The van der Waals surface area contributed by atoms with Gasteiger partial charge in [-0.05, 0) is 41.5 Å². The number of unbranched alkanes of at least 4 members (excludes halogenated alkanes) is 1. The fraction of sp³-hybridized carbons (Fsp3) is 0.174. The van der Waals surface area contributed by atoms with Gasteiger partial charge in [-0.15, -0.1) is 0 Å². The van der Waals surface area contributed by atoms with Gasteiger partial charge in [0.05, 0.1) is 5.56 Å². The third-order valence-corrected chi connectivity index (χ3v) is 4.72. The number of rotatable bonds is 5. The molecule has 3 aromatic carbocycles. The number of aromatic hydroxyl groups is 1. The molecule has 4 rings (SSSR count). The molecule has 0 bridgehead atoms. The van der Waals surface area contributed by atoms with Gasteiger partial charge in [0.25, 0.3) is 0 Å². The first-order valence-electron chi connectivity index (χ1n) is 8.95. The van der Waals surface area contributed by atoms with E-state index in [2.05, 4.69) is 6.92 Å². The largest absolute Gasteiger partial charge is 0.508 e. The molecular formula is C23H20O3. The summed E-state index contributed by atoms with van der Waals surface area (Å²) in [4.78, 5) is 12.9. The van der Waals surface area contributed by atoms with Gasteiger partial charge in [-0.25, -0.2) is 0 Å². The summed E-state index contributed by atoms with van der Waals surface area (Å²) in [5.41, 5.74) is 2.28. The highest BCUT2D eigenvalue weighted by Gasteiger charge is 2.21. The van der Waals surface area contributed by atoms with Crippen LogP contribution in [-0.2, 0) is 0 Å². The molecule has 0 saturated carbocycles. The quantitative estimate of drug-likeness (QED) is 0.430. The summed E-state index contributed by atoms with van der Waals surface area (Å²) >= 11 is 0. The van der Waals surface area contributed by atoms with Crippen molar-refractivity contribution in [1.29, 1.82) is 0 Å². The molecule has 4 aromatic rings. The van der Waals surface area contributed by atoms with E-state index in [0.717, 1.165) is 40.1 Å². The van der Waals surface area contributed by atoms with Crippen molar-refractivity contribution in [3.63, 3.8) is 0 Å². The van der Waals surface area contributed by atoms with E-state index in [1.807, 2.05) is 48.5 Å². The molecule has 0 unspecified atom stereocenters. The van der Waals surface area contributed by atoms with Gasteiger partial charge in [0, 0.05) is 17.4 Å². The number of ketones is 1. The van der Waals surface area contributed by atoms with Gasteiger partial charge < -0.3 is 9.52 Å². The first-order valence-corrected chi connectivity index (χ1v) is 8.95. The molecule has 3 nitrogen and oxygen atoms in total. The number of carbonyl (C=O) groups excluding carboxylic acids is 1. The molecule has 0 atom stereocenters. The zero-order valence-corrected chi connectivity index (χ0v) is 14.7. The van der Waals surface area contributed by atoms with Crippen LogP contribution >= 0.6 is 0 Å². The normalized spacial score (nSPS) is 11.3. The van der Waals surface area contributed by atoms with E-state index in [1.54, 1.807) is 12.1 Å². The van der Waals surface area contributed by atoms with E-state index >= 15 is 0 Å². The van der Waals surface area contributed by atoms with E-state index in [0.29, 0.717) is 17.7 Å². The lowest BCUT2D eigenvalue weighted by atomic mass is 9.97. The number of fused-ring (bicyclic) bond motifs is 2. The molecule has 0 amide bonds. The average Bonchev–Trinajstić information content (AvgIpc) is 3.05. The predicted molar refractivity (Wildman–Crippen MR) is 105 cm³/mol.